The zero-order chi connectivity index (χ0) is 13.9. The molecule has 2 heterocycles. The van der Waals surface area contributed by atoms with E-state index in [4.69, 9.17) is 11.6 Å². The first kappa shape index (κ1) is 13.9. The van der Waals surface area contributed by atoms with E-state index in [1.165, 1.54) is 28.0 Å². The van der Waals surface area contributed by atoms with Gasteiger partial charge in [0.05, 0.1) is 4.88 Å². The van der Waals surface area contributed by atoms with Crippen molar-refractivity contribution in [1.29, 1.82) is 0 Å². The van der Waals surface area contributed by atoms with Gasteiger partial charge in [-0.25, -0.2) is 0 Å². The van der Waals surface area contributed by atoms with Crippen molar-refractivity contribution >= 4 is 51.2 Å². The highest BCUT2D eigenvalue weighted by atomic mass is 35.5. The molecule has 3 aromatic rings. The monoisotopic (exact) mass is 336 g/mol. The third kappa shape index (κ3) is 3.15. The van der Waals surface area contributed by atoms with Crippen LogP contribution in [0.4, 0.5) is 0 Å². The van der Waals surface area contributed by atoms with Gasteiger partial charge in [0.25, 0.3) is 0 Å². The van der Waals surface area contributed by atoms with Crippen molar-refractivity contribution in [2.45, 2.75) is 4.90 Å². The Bertz CT molecular complexity index is 714. The van der Waals surface area contributed by atoms with Gasteiger partial charge in [0, 0.05) is 19.7 Å². The molecule has 5 heteroatoms. The van der Waals surface area contributed by atoms with Crippen LogP contribution in [0.2, 0.25) is 5.02 Å². The second kappa shape index (κ2) is 6.14. The average Bonchev–Trinajstić information content (AvgIpc) is 3.11. The van der Waals surface area contributed by atoms with E-state index in [2.05, 4.69) is 6.07 Å². The number of benzene rings is 1. The van der Waals surface area contributed by atoms with E-state index in [0.29, 0.717) is 5.02 Å². The van der Waals surface area contributed by atoms with Crippen molar-refractivity contribution in [2.24, 2.45) is 0 Å². The first-order valence-corrected chi connectivity index (χ1v) is 8.73. The predicted molar refractivity (Wildman–Crippen MR) is 89.3 cm³/mol. The second-order valence-corrected chi connectivity index (χ2v) is 7.50. The van der Waals surface area contributed by atoms with Crippen LogP contribution in [-0.4, -0.2) is 5.12 Å². The molecule has 20 heavy (non-hydrogen) atoms. The summed E-state index contributed by atoms with van der Waals surface area (Å²) < 4.78 is 0. The van der Waals surface area contributed by atoms with Crippen LogP contribution in [0.25, 0.3) is 9.75 Å². The molecule has 0 aliphatic rings. The highest BCUT2D eigenvalue weighted by Crippen LogP contribution is 2.34. The third-order valence-electron chi connectivity index (χ3n) is 2.60. The summed E-state index contributed by atoms with van der Waals surface area (Å²) in [5.74, 6) is 0. The number of carbonyl (C=O) groups is 1. The molecule has 0 radical (unpaired) electrons. The summed E-state index contributed by atoms with van der Waals surface area (Å²) in [7, 11) is 0. The number of halogens is 1. The lowest BCUT2D eigenvalue weighted by Gasteiger charge is -1.98. The van der Waals surface area contributed by atoms with E-state index in [9.17, 15) is 4.79 Å². The number of carbonyl (C=O) groups excluding carboxylic acids is 1. The van der Waals surface area contributed by atoms with Crippen LogP contribution < -0.4 is 0 Å². The zero-order valence-corrected chi connectivity index (χ0v) is 13.4. The fraction of sp³-hybridized carbons (Fsp3) is 0. The van der Waals surface area contributed by atoms with Crippen molar-refractivity contribution in [3.05, 3.63) is 63.8 Å². The number of thioether (sulfide) groups is 1. The summed E-state index contributed by atoms with van der Waals surface area (Å²) in [6.45, 7) is 0. The molecule has 100 valence electrons. The minimum absolute atomic E-state index is 0.0696. The van der Waals surface area contributed by atoms with Crippen molar-refractivity contribution in [1.82, 2.24) is 0 Å². The summed E-state index contributed by atoms with van der Waals surface area (Å²) >= 11 is 10.3. The predicted octanol–water partition coefficient (Wildman–Crippen LogP) is 6.06. The van der Waals surface area contributed by atoms with Gasteiger partial charge in [-0.05, 0) is 59.6 Å². The van der Waals surface area contributed by atoms with Crippen LogP contribution in [0.1, 0.15) is 9.67 Å². The van der Waals surface area contributed by atoms with Gasteiger partial charge in [-0.15, -0.1) is 22.7 Å². The lowest BCUT2D eigenvalue weighted by molar-refractivity contribution is 0.109. The normalized spacial score (nSPS) is 10.7. The largest absolute Gasteiger partial charge is 0.280 e. The van der Waals surface area contributed by atoms with Crippen molar-refractivity contribution in [3.8, 4) is 9.75 Å². The Morgan fingerprint density at radius 2 is 1.80 bits per heavy atom. The van der Waals surface area contributed by atoms with Crippen LogP contribution in [0.3, 0.4) is 0 Å². The maximum Gasteiger partial charge on any atom is 0.234 e. The Morgan fingerprint density at radius 1 is 1.00 bits per heavy atom. The highest BCUT2D eigenvalue weighted by Gasteiger charge is 2.12. The molecule has 0 amide bonds. The molecule has 0 saturated carbocycles. The Morgan fingerprint density at radius 3 is 2.50 bits per heavy atom. The van der Waals surface area contributed by atoms with Crippen LogP contribution in [0.15, 0.2) is 58.8 Å². The van der Waals surface area contributed by atoms with E-state index in [-0.39, 0.29) is 5.12 Å². The maximum absolute atomic E-state index is 12.2. The first-order chi connectivity index (χ1) is 9.72. The van der Waals surface area contributed by atoms with Gasteiger partial charge < -0.3 is 0 Å². The van der Waals surface area contributed by atoms with Crippen molar-refractivity contribution < 1.29 is 4.79 Å². The Kier molecular flexibility index (Phi) is 4.27. The van der Waals surface area contributed by atoms with E-state index in [0.717, 1.165) is 14.6 Å². The molecule has 0 aliphatic heterocycles. The zero-order valence-electron chi connectivity index (χ0n) is 10.2. The van der Waals surface area contributed by atoms with Gasteiger partial charge in [-0.3, -0.25) is 4.79 Å². The molecule has 0 aliphatic carbocycles. The minimum Gasteiger partial charge on any atom is -0.280 e. The standard InChI is InChI=1S/C15H9ClOS3/c16-10-3-5-11(6-4-10)19-15(17)14-8-7-13(20-14)12-2-1-9-18-12/h1-9H. The molecule has 0 fully saturated rings. The summed E-state index contributed by atoms with van der Waals surface area (Å²) in [6.07, 6.45) is 0. The van der Waals surface area contributed by atoms with Crippen molar-refractivity contribution in [2.75, 3.05) is 0 Å². The summed E-state index contributed by atoms with van der Waals surface area (Å²) in [5, 5.41) is 2.79. The van der Waals surface area contributed by atoms with Crippen molar-refractivity contribution in [3.63, 3.8) is 0 Å². The molecule has 0 spiro atoms. The van der Waals surface area contributed by atoms with Gasteiger partial charge in [0.15, 0.2) is 0 Å². The molecule has 3 rings (SSSR count). The SMILES string of the molecule is O=C(Sc1ccc(Cl)cc1)c1ccc(-c2cccs2)s1. The second-order valence-electron chi connectivity index (χ2n) is 3.98. The molecular weight excluding hydrogens is 328 g/mol. The summed E-state index contributed by atoms with van der Waals surface area (Å²) in [6, 6.07) is 15.3. The summed E-state index contributed by atoms with van der Waals surface area (Å²) in [5.41, 5.74) is 0. The third-order valence-corrected chi connectivity index (χ3v) is 6.04. The van der Waals surface area contributed by atoms with Crippen LogP contribution in [0.5, 0.6) is 0 Å². The Balaban J connectivity index is 1.76. The molecule has 0 unspecified atom stereocenters. The summed E-state index contributed by atoms with van der Waals surface area (Å²) in [4.78, 5) is 16.2. The molecule has 1 aromatic carbocycles. The van der Waals surface area contributed by atoms with Crippen LogP contribution in [-0.2, 0) is 0 Å². The molecular formula is C15H9ClOS3. The smallest absolute Gasteiger partial charge is 0.234 e. The highest BCUT2D eigenvalue weighted by molar-refractivity contribution is 8.14. The molecule has 0 saturated heterocycles. The average molecular weight is 337 g/mol. The van der Waals surface area contributed by atoms with Gasteiger partial charge in [-0.2, -0.15) is 0 Å². The quantitative estimate of drug-likeness (QED) is 0.540. The minimum atomic E-state index is 0.0696. The van der Waals surface area contributed by atoms with Gasteiger partial charge in [0.1, 0.15) is 0 Å². The van der Waals surface area contributed by atoms with Gasteiger partial charge in [-0.1, -0.05) is 17.7 Å². The number of thiophene rings is 2. The molecule has 0 atom stereocenters. The van der Waals surface area contributed by atoms with Gasteiger partial charge >= 0.3 is 0 Å². The maximum atomic E-state index is 12.2. The van der Waals surface area contributed by atoms with E-state index < -0.39 is 0 Å². The number of hydrogen-bond donors (Lipinski definition) is 0. The molecule has 0 bridgehead atoms. The van der Waals surface area contributed by atoms with Gasteiger partial charge in [0.2, 0.25) is 5.12 Å². The van der Waals surface area contributed by atoms with Crippen LogP contribution >= 0.6 is 46.0 Å². The van der Waals surface area contributed by atoms with E-state index >= 15 is 0 Å². The Hall–Kier alpha value is -1.07. The topological polar surface area (TPSA) is 17.1 Å². The number of hydrogen-bond acceptors (Lipinski definition) is 4. The van der Waals surface area contributed by atoms with Crippen LogP contribution in [0, 0.1) is 0 Å². The molecule has 1 nitrogen and oxygen atoms in total. The fourth-order valence-electron chi connectivity index (χ4n) is 1.66. The lowest BCUT2D eigenvalue weighted by Crippen LogP contribution is -1.87. The molecule has 0 N–H and O–H groups in total. The number of rotatable bonds is 3. The van der Waals surface area contributed by atoms with E-state index in [1.807, 2.05) is 35.7 Å². The fourth-order valence-corrected chi connectivity index (χ4v) is 4.37. The van der Waals surface area contributed by atoms with E-state index in [1.54, 1.807) is 23.5 Å². The molecule has 2 aromatic heterocycles. The first-order valence-electron chi connectivity index (χ1n) is 5.84. The lowest BCUT2D eigenvalue weighted by atomic mass is 10.4. The Labute approximate surface area is 134 Å².